The summed E-state index contributed by atoms with van der Waals surface area (Å²) in [6.07, 6.45) is 30.9. The summed E-state index contributed by atoms with van der Waals surface area (Å²) in [6, 6.07) is 19.5. The third-order valence-corrected chi connectivity index (χ3v) is 28.5. The Balaban J connectivity index is 0.000000116. The largest absolute Gasteiger partial charge is 0.356 e. The third kappa shape index (κ3) is 17.7. The van der Waals surface area contributed by atoms with Crippen molar-refractivity contribution in [1.29, 1.82) is 0 Å². The Morgan fingerprint density at radius 1 is 0.410 bits per heavy atom. The number of amides is 4. The van der Waals surface area contributed by atoms with Crippen LogP contribution in [0.15, 0.2) is 96.3 Å². The number of nitrogens with zero attached hydrogens (tertiary/aromatic N) is 22. The fourth-order valence-electron chi connectivity index (χ4n) is 19.3. The molecule has 0 aliphatic carbocycles. The van der Waals surface area contributed by atoms with Crippen LogP contribution in [0.4, 0.5) is 23.3 Å². The van der Waals surface area contributed by atoms with E-state index in [-0.39, 0.29) is 47.8 Å². The fraction of sp³-hybridized carbons (Fsp3) is 0.505. The summed E-state index contributed by atoms with van der Waals surface area (Å²) in [5.74, 6) is 9.93. The second kappa shape index (κ2) is 36.0. The van der Waals surface area contributed by atoms with Crippen molar-refractivity contribution in [2.75, 3.05) is 98.1 Å². The number of carbonyl (C=O) groups excluding carboxylic acids is 4. The van der Waals surface area contributed by atoms with E-state index in [1.165, 1.54) is 53.2 Å². The van der Waals surface area contributed by atoms with Gasteiger partial charge < -0.3 is 39.2 Å². The van der Waals surface area contributed by atoms with Gasteiger partial charge in [0.1, 0.15) is 33.8 Å². The number of thiophene rings is 1. The number of piperidine rings is 4. The molecule has 0 radical (unpaired) electrons. The van der Waals surface area contributed by atoms with Crippen LogP contribution in [0.1, 0.15) is 261 Å². The molecule has 0 saturated carbocycles. The maximum absolute atomic E-state index is 13.4. The van der Waals surface area contributed by atoms with Crippen LogP contribution in [0.3, 0.4) is 0 Å². The van der Waals surface area contributed by atoms with Gasteiger partial charge in [0.2, 0.25) is 0 Å². The van der Waals surface area contributed by atoms with Crippen molar-refractivity contribution in [2.45, 2.75) is 203 Å². The van der Waals surface area contributed by atoms with Gasteiger partial charge in [-0.1, -0.05) is 39.7 Å². The third-order valence-electron chi connectivity index (χ3n) is 25.8. The van der Waals surface area contributed by atoms with Gasteiger partial charge in [0.15, 0.2) is 22.6 Å². The molecule has 8 aliphatic rings. The summed E-state index contributed by atoms with van der Waals surface area (Å²) in [6.45, 7) is 35.0. The summed E-state index contributed by atoms with van der Waals surface area (Å²) in [7, 11) is 0. The Kier molecular flexibility index (Phi) is 24.7. The van der Waals surface area contributed by atoms with Crippen molar-refractivity contribution >= 4 is 103 Å². The lowest BCUT2D eigenvalue weighted by Gasteiger charge is -2.34. The number of hydrogen-bond donors (Lipinski definition) is 0. The summed E-state index contributed by atoms with van der Waals surface area (Å²) in [5.41, 5.74) is 16.2. The van der Waals surface area contributed by atoms with E-state index < -0.39 is 0 Å². The molecule has 20 rings (SSSR count). The first-order chi connectivity index (χ1) is 59.0. The SMILES string of the molecule is C#Cc1cccc(C(=O)N2CCCC[C@H]2c2cc3nc(N4CC[C@H](C)C4)c(C)cn3n2)c1.Cc1ccc(C(=O)N2CCCC[C@H]2c2cc3nc(N4CC[C@H](C)C4)c(C)cn3n2)s1.Cc1cn2nc([C@@H]3CCCCN3C(=O)c3scnc3C)cc2nc1N1CC[C@H](C)C1.Cc1nc(C(=O)N2CCCC[C@H]2c2cc3nc(N4CC[C@H](C)C4)c(C)cn3n2)cs1. The topological polar surface area (TPSA) is 241 Å². The van der Waals surface area contributed by atoms with E-state index in [1.54, 1.807) is 22.9 Å². The van der Waals surface area contributed by atoms with Crippen molar-refractivity contribution in [3.63, 3.8) is 0 Å². The lowest BCUT2D eigenvalue weighted by Crippen LogP contribution is -2.38. The predicted octanol–water partition coefficient (Wildman–Crippen LogP) is 16.9. The number of anilines is 4. The Hall–Kier alpha value is -10.7. The minimum absolute atomic E-state index is 0.00925. The molecule has 12 aromatic rings. The molecule has 0 unspecified atom stereocenters. The molecule has 4 amide bonds. The first kappa shape index (κ1) is 83.6. The quantitative estimate of drug-likeness (QED) is 0.103. The molecule has 11 aromatic heterocycles. The summed E-state index contributed by atoms with van der Waals surface area (Å²) >= 11 is 4.52. The number of rotatable bonds is 12. The Morgan fingerprint density at radius 2 is 0.787 bits per heavy atom. The van der Waals surface area contributed by atoms with E-state index in [0.29, 0.717) is 34.9 Å². The summed E-state index contributed by atoms with van der Waals surface area (Å²) < 4.78 is 7.50. The lowest BCUT2D eigenvalue weighted by atomic mass is 9.98. The monoisotopic (exact) mass is 1700 g/mol. The van der Waals surface area contributed by atoms with Gasteiger partial charge in [-0.05, 0) is 205 Å². The van der Waals surface area contributed by atoms with Gasteiger partial charge in [0, 0.05) is 171 Å². The van der Waals surface area contributed by atoms with E-state index in [4.69, 9.17) is 46.8 Å². The molecule has 29 heteroatoms. The normalized spacial score (nSPS) is 22.0. The summed E-state index contributed by atoms with van der Waals surface area (Å²) in [4.78, 5) is 102. The highest BCUT2D eigenvalue weighted by Crippen LogP contribution is 2.40. The molecule has 8 fully saturated rings. The van der Waals surface area contributed by atoms with Gasteiger partial charge in [0.05, 0.1) is 68.0 Å². The van der Waals surface area contributed by atoms with Crippen LogP contribution in [-0.4, -0.2) is 190 Å². The van der Waals surface area contributed by atoms with E-state index in [1.807, 2.05) is 94.1 Å². The van der Waals surface area contributed by atoms with Crippen LogP contribution < -0.4 is 19.6 Å². The Bertz CT molecular complexity index is 5710. The standard InChI is InChI=1S/C26H29N5O.C23H29N5OS.2C22H28N6OS/c1-4-20-8-7-9-21(14-20)26(32)30-12-6-5-10-23(30)22-15-24-27-25(19(3)17-31(24)28-22)29-13-11-18(2)16-29;1-15-9-11-26(13-15)22-16(2)14-28-21(24-22)12-18(25-28)19-6-4-5-10-27(19)23(29)20-8-7-17(3)30-20;1-14-7-9-26(11-14)21-15(2)12-28-20(24-21)10-17(25-28)19-6-4-5-8-27(19)22(29)18-13-30-16(3)23-18;1-14-7-9-26(11-14)21-15(2)12-28-19(24-21)10-17(25-28)18-6-4-5-8-27(18)22(29)20-16(3)23-13-30-20/h1,7-9,14-15,17-18,23H,5-6,10-13,16H2,2-3H3;7-8,12,14-15,19H,4-6,9-11,13H2,1-3H3;10,12-14,19H,4-9,11H2,1-3H3;10,12-14,18H,4-9,11H2,1-3H3/t18-,23-;15-,19-;14-,19-;14-,18-/m0000/s1. The maximum atomic E-state index is 13.4. The van der Waals surface area contributed by atoms with Crippen LogP contribution in [0.2, 0.25) is 0 Å². The zero-order chi connectivity index (χ0) is 84.7. The van der Waals surface area contributed by atoms with Crippen molar-refractivity contribution < 1.29 is 19.2 Å². The number of aryl methyl sites for hydroxylation is 7. The summed E-state index contributed by atoms with van der Waals surface area (Å²) in [5, 5.41) is 22.2. The average molecular weight is 1700 g/mol. The first-order valence-corrected chi connectivity index (χ1v) is 46.8. The Morgan fingerprint density at radius 3 is 1.11 bits per heavy atom. The van der Waals surface area contributed by atoms with Crippen molar-refractivity contribution in [3.05, 3.63) is 184 Å². The number of hydrogen-bond acceptors (Lipinski definition) is 21. The van der Waals surface area contributed by atoms with E-state index in [2.05, 4.69) is 140 Å². The van der Waals surface area contributed by atoms with Gasteiger partial charge in [-0.3, -0.25) is 19.2 Å². The van der Waals surface area contributed by atoms with Gasteiger partial charge in [-0.25, -0.2) is 48.0 Å². The van der Waals surface area contributed by atoms with Gasteiger partial charge in [0.25, 0.3) is 23.6 Å². The zero-order valence-electron chi connectivity index (χ0n) is 72.4. The van der Waals surface area contributed by atoms with Crippen LogP contribution in [0, 0.1) is 84.5 Å². The van der Waals surface area contributed by atoms with E-state index >= 15 is 0 Å². The number of likely N-dealkylation sites (tertiary alicyclic amines) is 4. The molecule has 8 aliphatic heterocycles. The number of fused-ring (bicyclic) bond motifs is 4. The highest BCUT2D eigenvalue weighted by atomic mass is 32.1. The van der Waals surface area contributed by atoms with Gasteiger partial charge >= 0.3 is 0 Å². The molecule has 638 valence electrons. The predicted molar refractivity (Wildman–Crippen MR) is 483 cm³/mol. The van der Waals surface area contributed by atoms with Crippen LogP contribution >= 0.6 is 34.0 Å². The van der Waals surface area contributed by atoms with E-state index in [9.17, 15) is 19.2 Å². The number of terminal acetylenes is 1. The molecule has 0 N–H and O–H groups in total. The van der Waals surface area contributed by atoms with Crippen molar-refractivity contribution in [2.24, 2.45) is 23.7 Å². The number of benzene rings is 1. The number of thiazole rings is 2. The molecular weight excluding hydrogens is 1590 g/mol. The molecule has 8 atom stereocenters. The molecule has 0 spiro atoms. The van der Waals surface area contributed by atoms with Gasteiger partial charge in [-0.15, -0.1) is 40.4 Å². The number of aromatic nitrogens is 14. The van der Waals surface area contributed by atoms with Crippen LogP contribution in [-0.2, 0) is 0 Å². The average Bonchev–Trinajstić information content (AvgIpc) is 1.64. The minimum Gasteiger partial charge on any atom is -0.356 e. The smallest absolute Gasteiger partial charge is 0.273 e. The number of carbonyl (C=O) groups is 4. The highest BCUT2D eigenvalue weighted by molar-refractivity contribution is 7.14. The highest BCUT2D eigenvalue weighted by Gasteiger charge is 2.38. The molecule has 26 nitrogen and oxygen atoms in total. The minimum atomic E-state index is -0.0528. The lowest BCUT2D eigenvalue weighted by molar-refractivity contribution is 0.0595. The molecule has 19 heterocycles. The molecule has 8 saturated heterocycles. The molecular formula is C93H114N22O4S3. The molecule has 1 aromatic carbocycles. The first-order valence-electron chi connectivity index (χ1n) is 44.2. The fourth-order valence-corrected chi connectivity index (χ4v) is 21.5. The van der Waals surface area contributed by atoms with Crippen LogP contribution in [0.25, 0.3) is 22.6 Å². The zero-order valence-corrected chi connectivity index (χ0v) is 74.9. The van der Waals surface area contributed by atoms with E-state index in [0.717, 1.165) is 272 Å². The second-order valence-electron chi connectivity index (χ2n) is 35.5. The molecule has 122 heavy (non-hydrogen) atoms. The second-order valence-corrected chi connectivity index (χ2v) is 38.7. The van der Waals surface area contributed by atoms with Crippen molar-refractivity contribution in [3.8, 4) is 12.3 Å². The molecule has 0 bridgehead atoms. The Labute approximate surface area is 726 Å². The van der Waals surface area contributed by atoms with Crippen molar-refractivity contribution in [1.82, 2.24) is 88.0 Å². The van der Waals surface area contributed by atoms with Crippen LogP contribution in [0.5, 0.6) is 0 Å². The maximum Gasteiger partial charge on any atom is 0.273 e. The van der Waals surface area contributed by atoms with Gasteiger partial charge in [-0.2, -0.15) is 20.4 Å².